The first kappa shape index (κ1) is 9.74. The van der Waals surface area contributed by atoms with Crippen LogP contribution in [-0.4, -0.2) is 22.4 Å². The summed E-state index contributed by atoms with van der Waals surface area (Å²) in [6.45, 7) is 6.76. The predicted octanol–water partition coefficient (Wildman–Crippen LogP) is 2.35. The second-order valence-corrected chi connectivity index (χ2v) is 4.76. The maximum atomic E-state index is 5.75. The normalized spacial score (nSPS) is 36.0. The molecule has 1 saturated heterocycles. The van der Waals surface area contributed by atoms with E-state index in [0.717, 1.165) is 17.5 Å². The summed E-state index contributed by atoms with van der Waals surface area (Å²) in [4.78, 5) is 0. The minimum atomic E-state index is -0.374. The molecule has 1 aliphatic rings. The van der Waals surface area contributed by atoms with Crippen LogP contribution in [0.25, 0.3) is 0 Å². The Balaban J connectivity index is 2.51. The summed E-state index contributed by atoms with van der Waals surface area (Å²) in [5.41, 5.74) is -0.0509. The van der Waals surface area contributed by atoms with Gasteiger partial charge in [-0.05, 0) is 27.2 Å². The molecule has 1 rings (SSSR count). The van der Waals surface area contributed by atoms with Crippen LogP contribution in [-0.2, 0) is 9.47 Å². The van der Waals surface area contributed by atoms with E-state index < -0.39 is 0 Å². The molecule has 3 heteroatoms. The summed E-state index contributed by atoms with van der Waals surface area (Å²) < 4.78 is 12.4. The Kier molecular flexibility index (Phi) is 2.82. The van der Waals surface area contributed by atoms with E-state index in [1.807, 2.05) is 13.8 Å². The van der Waals surface area contributed by atoms with Crippen LogP contribution in [0.4, 0.5) is 0 Å². The van der Waals surface area contributed by atoms with E-state index in [2.05, 4.69) is 29.5 Å². The van der Waals surface area contributed by atoms with Gasteiger partial charge in [-0.25, -0.2) is 0 Å². The molecule has 0 amide bonds. The molecular formula is C8H15IO2. The molecule has 0 spiro atoms. The quantitative estimate of drug-likeness (QED) is 0.566. The first-order chi connectivity index (χ1) is 4.97. The van der Waals surface area contributed by atoms with Gasteiger partial charge in [0.05, 0.1) is 12.2 Å². The lowest BCUT2D eigenvalue weighted by molar-refractivity contribution is -0.157. The first-order valence-electron chi connectivity index (χ1n) is 3.88. The smallest absolute Gasteiger partial charge is 0.163 e. The minimum Gasteiger partial charge on any atom is -0.348 e. The lowest BCUT2D eigenvalue weighted by Crippen LogP contribution is -2.31. The van der Waals surface area contributed by atoms with Gasteiger partial charge in [-0.1, -0.05) is 22.6 Å². The van der Waals surface area contributed by atoms with Crippen LogP contribution >= 0.6 is 22.6 Å². The van der Waals surface area contributed by atoms with E-state index in [1.54, 1.807) is 0 Å². The van der Waals surface area contributed by atoms with Crippen LogP contribution in [0.2, 0.25) is 0 Å². The zero-order valence-electron chi connectivity index (χ0n) is 7.32. The van der Waals surface area contributed by atoms with Crippen LogP contribution in [0.1, 0.15) is 27.2 Å². The van der Waals surface area contributed by atoms with Crippen molar-refractivity contribution >= 4 is 22.6 Å². The summed E-state index contributed by atoms with van der Waals surface area (Å²) in [6, 6.07) is 0. The molecular weight excluding hydrogens is 255 g/mol. The molecule has 66 valence electrons. The largest absolute Gasteiger partial charge is 0.348 e. The fourth-order valence-corrected chi connectivity index (χ4v) is 2.44. The molecule has 1 fully saturated rings. The monoisotopic (exact) mass is 270 g/mol. The Hall–Kier alpha value is 0.650. The van der Waals surface area contributed by atoms with Crippen LogP contribution in [0.3, 0.4) is 0 Å². The van der Waals surface area contributed by atoms with Gasteiger partial charge < -0.3 is 9.47 Å². The van der Waals surface area contributed by atoms with Crippen molar-refractivity contribution in [3.05, 3.63) is 0 Å². The second-order valence-electron chi connectivity index (χ2n) is 3.68. The highest BCUT2D eigenvalue weighted by Crippen LogP contribution is 2.33. The average molecular weight is 270 g/mol. The molecule has 1 unspecified atom stereocenters. The Labute approximate surface area is 81.8 Å². The van der Waals surface area contributed by atoms with Crippen molar-refractivity contribution in [2.45, 2.75) is 38.6 Å². The third-order valence-corrected chi connectivity index (χ3v) is 2.38. The third-order valence-electron chi connectivity index (χ3n) is 1.84. The highest BCUT2D eigenvalue weighted by atomic mass is 127. The Morgan fingerprint density at radius 1 is 1.36 bits per heavy atom. The van der Waals surface area contributed by atoms with Gasteiger partial charge in [0.25, 0.3) is 0 Å². The lowest BCUT2D eigenvalue weighted by atomic mass is 10.1. The number of hydrogen-bond donors (Lipinski definition) is 0. The maximum absolute atomic E-state index is 5.75. The van der Waals surface area contributed by atoms with Crippen molar-refractivity contribution < 1.29 is 9.47 Å². The van der Waals surface area contributed by atoms with Crippen LogP contribution in [0, 0.1) is 0 Å². The van der Waals surface area contributed by atoms with Crippen molar-refractivity contribution in [2.75, 3.05) is 11.0 Å². The SMILES string of the molecule is CC1(CCI)COC(C)(C)O1. The van der Waals surface area contributed by atoms with Crippen molar-refractivity contribution in [3.8, 4) is 0 Å². The van der Waals surface area contributed by atoms with Gasteiger partial charge in [-0.3, -0.25) is 0 Å². The molecule has 0 aliphatic carbocycles. The molecule has 0 N–H and O–H groups in total. The summed E-state index contributed by atoms with van der Waals surface area (Å²) in [5, 5.41) is 0. The van der Waals surface area contributed by atoms with E-state index in [4.69, 9.17) is 9.47 Å². The van der Waals surface area contributed by atoms with Gasteiger partial charge in [-0.2, -0.15) is 0 Å². The standard InChI is InChI=1S/C8H15IO2/c1-7(2)10-6-8(3,11-7)4-5-9/h4-6H2,1-3H3. The van der Waals surface area contributed by atoms with Crippen LogP contribution in [0.5, 0.6) is 0 Å². The summed E-state index contributed by atoms with van der Waals surface area (Å²) in [7, 11) is 0. The maximum Gasteiger partial charge on any atom is 0.163 e. The van der Waals surface area contributed by atoms with Crippen LogP contribution in [0.15, 0.2) is 0 Å². The third kappa shape index (κ3) is 2.56. The molecule has 11 heavy (non-hydrogen) atoms. The summed E-state index contributed by atoms with van der Waals surface area (Å²) in [6.07, 6.45) is 1.07. The van der Waals surface area contributed by atoms with E-state index in [9.17, 15) is 0 Å². The van der Waals surface area contributed by atoms with E-state index in [1.165, 1.54) is 0 Å². The summed E-state index contributed by atoms with van der Waals surface area (Å²) in [5.74, 6) is -0.374. The molecule has 0 aromatic rings. The van der Waals surface area contributed by atoms with Gasteiger partial charge in [0, 0.05) is 4.43 Å². The molecule has 1 atom stereocenters. The molecule has 0 aromatic carbocycles. The zero-order valence-corrected chi connectivity index (χ0v) is 9.47. The Morgan fingerprint density at radius 2 is 2.00 bits per heavy atom. The number of rotatable bonds is 2. The average Bonchev–Trinajstić information content (AvgIpc) is 2.07. The van der Waals surface area contributed by atoms with E-state index in [0.29, 0.717) is 0 Å². The van der Waals surface area contributed by atoms with Crippen LogP contribution < -0.4 is 0 Å². The van der Waals surface area contributed by atoms with Gasteiger partial charge in [0.1, 0.15) is 0 Å². The van der Waals surface area contributed by atoms with Gasteiger partial charge in [-0.15, -0.1) is 0 Å². The molecule has 1 heterocycles. The van der Waals surface area contributed by atoms with Gasteiger partial charge >= 0.3 is 0 Å². The molecule has 1 aliphatic heterocycles. The predicted molar refractivity (Wildman–Crippen MR) is 53.0 cm³/mol. The molecule has 2 nitrogen and oxygen atoms in total. The first-order valence-corrected chi connectivity index (χ1v) is 5.40. The fourth-order valence-electron chi connectivity index (χ4n) is 1.30. The summed E-state index contributed by atoms with van der Waals surface area (Å²) >= 11 is 2.36. The Bertz CT molecular complexity index is 147. The number of ether oxygens (including phenoxy) is 2. The van der Waals surface area contributed by atoms with Gasteiger partial charge in [0.2, 0.25) is 0 Å². The number of hydrogen-bond acceptors (Lipinski definition) is 2. The van der Waals surface area contributed by atoms with E-state index in [-0.39, 0.29) is 11.4 Å². The molecule has 0 aromatic heterocycles. The van der Waals surface area contributed by atoms with E-state index >= 15 is 0 Å². The number of alkyl halides is 1. The van der Waals surface area contributed by atoms with Crippen molar-refractivity contribution in [2.24, 2.45) is 0 Å². The minimum absolute atomic E-state index is 0.0509. The fraction of sp³-hybridized carbons (Fsp3) is 1.00. The second kappa shape index (κ2) is 3.18. The van der Waals surface area contributed by atoms with Crippen molar-refractivity contribution in [3.63, 3.8) is 0 Å². The van der Waals surface area contributed by atoms with Gasteiger partial charge in [0.15, 0.2) is 5.79 Å². The highest BCUT2D eigenvalue weighted by molar-refractivity contribution is 14.1. The molecule has 0 radical (unpaired) electrons. The molecule has 0 saturated carbocycles. The zero-order chi connectivity index (χ0) is 8.54. The van der Waals surface area contributed by atoms with Crippen molar-refractivity contribution in [1.29, 1.82) is 0 Å². The number of halogens is 1. The highest BCUT2D eigenvalue weighted by Gasteiger charge is 2.41. The Morgan fingerprint density at radius 3 is 2.36 bits per heavy atom. The topological polar surface area (TPSA) is 18.5 Å². The lowest BCUT2D eigenvalue weighted by Gasteiger charge is -2.24. The van der Waals surface area contributed by atoms with Crippen molar-refractivity contribution in [1.82, 2.24) is 0 Å². The molecule has 0 bridgehead atoms.